The van der Waals surface area contributed by atoms with E-state index in [2.05, 4.69) is 9.98 Å². The number of aliphatic imine (C=N–C) groups is 1. The third-order valence-corrected chi connectivity index (χ3v) is 4.72. The van der Waals surface area contributed by atoms with E-state index in [1.54, 1.807) is 26.1 Å². The smallest absolute Gasteiger partial charge is 0.302 e. The number of ketones is 1. The van der Waals surface area contributed by atoms with Crippen molar-refractivity contribution in [2.75, 3.05) is 24.6 Å². The molecule has 2 aromatic rings. The van der Waals surface area contributed by atoms with Crippen LogP contribution in [0.4, 0.5) is 5.69 Å². The molecular weight excluding hydrogens is 370 g/mol. The van der Waals surface area contributed by atoms with Gasteiger partial charge in [-0.3, -0.25) is 24.4 Å². The van der Waals surface area contributed by atoms with Gasteiger partial charge in [-0.2, -0.15) is 0 Å². The molecule has 3 rings (SSSR count). The van der Waals surface area contributed by atoms with Crippen LogP contribution in [0.3, 0.4) is 0 Å². The van der Waals surface area contributed by atoms with Gasteiger partial charge in [-0.15, -0.1) is 0 Å². The summed E-state index contributed by atoms with van der Waals surface area (Å²) in [5, 5.41) is 0. The average molecular weight is 393 g/mol. The number of fused-ring (bicyclic) bond motifs is 1. The maximum absolute atomic E-state index is 12.9. The van der Waals surface area contributed by atoms with Crippen LogP contribution in [0.2, 0.25) is 0 Å². The number of carbonyl (C=O) groups excluding carboxylic acids is 3. The molecule has 0 N–H and O–H groups in total. The van der Waals surface area contributed by atoms with Crippen molar-refractivity contribution in [2.45, 2.75) is 20.8 Å². The van der Waals surface area contributed by atoms with Crippen molar-refractivity contribution >= 4 is 29.1 Å². The maximum atomic E-state index is 12.9. The quantitative estimate of drug-likeness (QED) is 0.703. The van der Waals surface area contributed by atoms with E-state index in [1.165, 1.54) is 11.8 Å². The van der Waals surface area contributed by atoms with Crippen molar-refractivity contribution in [3.8, 4) is 0 Å². The average Bonchev–Trinajstić information content (AvgIpc) is 2.84. The Morgan fingerprint density at radius 1 is 1.14 bits per heavy atom. The van der Waals surface area contributed by atoms with Crippen LogP contribution < -0.4 is 4.90 Å². The van der Waals surface area contributed by atoms with E-state index in [9.17, 15) is 14.4 Å². The lowest BCUT2D eigenvalue weighted by Gasteiger charge is -2.28. The zero-order chi connectivity index (χ0) is 21.0. The summed E-state index contributed by atoms with van der Waals surface area (Å²) in [5.41, 5.74) is 1.70. The number of anilines is 1. The molecule has 0 aliphatic carbocycles. The number of rotatable bonds is 6. The lowest BCUT2D eigenvalue weighted by Crippen LogP contribution is -2.43. The Morgan fingerprint density at radius 3 is 2.55 bits per heavy atom. The summed E-state index contributed by atoms with van der Waals surface area (Å²) < 4.78 is 5.02. The predicted octanol–water partition coefficient (Wildman–Crippen LogP) is 2.42. The molecule has 2 heterocycles. The molecule has 7 nitrogen and oxygen atoms in total. The van der Waals surface area contributed by atoms with Gasteiger partial charge in [0.25, 0.3) is 0 Å². The molecule has 0 unspecified atom stereocenters. The summed E-state index contributed by atoms with van der Waals surface area (Å²) in [6.45, 7) is 4.43. The summed E-state index contributed by atoms with van der Waals surface area (Å²) in [6.07, 6.45) is 1.67. The number of carbonyl (C=O) groups is 3. The van der Waals surface area contributed by atoms with Gasteiger partial charge in [0.1, 0.15) is 13.2 Å². The SMILES string of the molecule is CC(=O)OCC(C)(C)C(=O)CN1C(=O)CN=C(c2ccccn2)c2ccccc21. The van der Waals surface area contributed by atoms with Gasteiger partial charge < -0.3 is 9.64 Å². The molecule has 7 heteroatoms. The second-order valence-electron chi connectivity index (χ2n) is 7.46. The van der Waals surface area contributed by atoms with Gasteiger partial charge in [0.2, 0.25) is 5.91 Å². The molecule has 1 aliphatic heterocycles. The summed E-state index contributed by atoms with van der Waals surface area (Å²) in [7, 11) is 0. The van der Waals surface area contributed by atoms with E-state index < -0.39 is 11.4 Å². The first-order valence-corrected chi connectivity index (χ1v) is 9.32. The number of para-hydroxylation sites is 1. The van der Waals surface area contributed by atoms with E-state index in [0.717, 1.165) is 5.56 Å². The van der Waals surface area contributed by atoms with Crippen LogP contribution >= 0.6 is 0 Å². The number of nitrogens with zero attached hydrogens (tertiary/aromatic N) is 3. The van der Waals surface area contributed by atoms with E-state index >= 15 is 0 Å². The monoisotopic (exact) mass is 393 g/mol. The van der Waals surface area contributed by atoms with Gasteiger partial charge in [-0.05, 0) is 32.0 Å². The Labute approximate surface area is 169 Å². The number of benzodiazepines with no additional fused rings is 1. The molecule has 0 spiro atoms. The molecule has 29 heavy (non-hydrogen) atoms. The number of esters is 1. The molecule has 150 valence electrons. The first kappa shape index (κ1) is 20.4. The van der Waals surface area contributed by atoms with Crippen LogP contribution in [0.1, 0.15) is 32.0 Å². The van der Waals surface area contributed by atoms with Crippen molar-refractivity contribution in [2.24, 2.45) is 10.4 Å². The zero-order valence-corrected chi connectivity index (χ0v) is 16.7. The fourth-order valence-corrected chi connectivity index (χ4v) is 2.98. The predicted molar refractivity (Wildman–Crippen MR) is 109 cm³/mol. The number of pyridine rings is 1. The van der Waals surface area contributed by atoms with E-state index in [-0.39, 0.29) is 31.4 Å². The highest BCUT2D eigenvalue weighted by atomic mass is 16.5. The molecule has 0 saturated heterocycles. The van der Waals surface area contributed by atoms with Crippen molar-refractivity contribution < 1.29 is 19.1 Å². The van der Waals surface area contributed by atoms with Gasteiger partial charge in [0.05, 0.1) is 29.1 Å². The van der Waals surface area contributed by atoms with Crippen molar-refractivity contribution in [3.63, 3.8) is 0 Å². The highest BCUT2D eigenvalue weighted by Gasteiger charge is 2.34. The fraction of sp³-hybridized carbons (Fsp3) is 0.318. The maximum Gasteiger partial charge on any atom is 0.302 e. The van der Waals surface area contributed by atoms with Gasteiger partial charge in [0.15, 0.2) is 5.78 Å². The van der Waals surface area contributed by atoms with Gasteiger partial charge in [-0.25, -0.2) is 0 Å². The van der Waals surface area contributed by atoms with Crippen molar-refractivity contribution in [1.29, 1.82) is 0 Å². The number of hydrogen-bond acceptors (Lipinski definition) is 6. The summed E-state index contributed by atoms with van der Waals surface area (Å²) in [5.74, 6) is -0.932. The normalized spacial score (nSPS) is 14.0. The molecule has 1 aromatic heterocycles. The minimum absolute atomic E-state index is 0.0411. The summed E-state index contributed by atoms with van der Waals surface area (Å²) in [4.78, 5) is 47.2. The summed E-state index contributed by atoms with van der Waals surface area (Å²) >= 11 is 0. The lowest BCUT2D eigenvalue weighted by atomic mass is 9.88. The third kappa shape index (κ3) is 4.56. The zero-order valence-electron chi connectivity index (χ0n) is 16.7. The summed E-state index contributed by atoms with van der Waals surface area (Å²) in [6, 6.07) is 12.8. The standard InChI is InChI=1S/C22H23N3O4/c1-15(26)29-14-22(2,3)19(27)13-25-18-10-5-4-8-16(18)21(24-12-20(25)28)17-9-6-7-11-23-17/h4-11H,12-14H2,1-3H3. The molecule has 0 radical (unpaired) electrons. The molecule has 0 bridgehead atoms. The minimum Gasteiger partial charge on any atom is -0.465 e. The number of Topliss-reactive ketones (excluding diaryl/α,β-unsaturated/α-hetero) is 1. The van der Waals surface area contributed by atoms with E-state index in [4.69, 9.17) is 4.74 Å². The third-order valence-electron chi connectivity index (χ3n) is 4.72. The Balaban J connectivity index is 1.93. The highest BCUT2D eigenvalue weighted by Crippen LogP contribution is 2.28. The number of aromatic nitrogens is 1. The molecule has 0 saturated carbocycles. The molecule has 1 amide bonds. The van der Waals surface area contributed by atoms with Gasteiger partial charge >= 0.3 is 5.97 Å². The van der Waals surface area contributed by atoms with Gasteiger partial charge in [0, 0.05) is 18.7 Å². The van der Waals surface area contributed by atoms with Crippen LogP contribution in [-0.4, -0.2) is 48.1 Å². The molecule has 0 fully saturated rings. The lowest BCUT2D eigenvalue weighted by molar-refractivity contribution is -0.146. The van der Waals surface area contributed by atoms with Crippen molar-refractivity contribution in [1.82, 2.24) is 4.98 Å². The first-order chi connectivity index (χ1) is 13.8. The van der Waals surface area contributed by atoms with Crippen LogP contribution in [0.15, 0.2) is 53.7 Å². The second-order valence-corrected chi connectivity index (χ2v) is 7.46. The number of benzene rings is 1. The Kier molecular flexibility index (Phi) is 5.87. The molecule has 1 aliphatic rings. The number of ether oxygens (including phenoxy) is 1. The Morgan fingerprint density at radius 2 is 1.86 bits per heavy atom. The van der Waals surface area contributed by atoms with Crippen LogP contribution in [0, 0.1) is 5.41 Å². The van der Waals surface area contributed by atoms with Crippen LogP contribution in [0.25, 0.3) is 0 Å². The topological polar surface area (TPSA) is 88.9 Å². The van der Waals surface area contributed by atoms with E-state index in [1.807, 2.05) is 36.4 Å². The Hall–Kier alpha value is -3.35. The first-order valence-electron chi connectivity index (χ1n) is 9.32. The number of amides is 1. The minimum atomic E-state index is -0.919. The van der Waals surface area contributed by atoms with E-state index in [0.29, 0.717) is 17.1 Å². The fourth-order valence-electron chi connectivity index (χ4n) is 2.98. The van der Waals surface area contributed by atoms with Crippen LogP contribution in [-0.2, 0) is 19.1 Å². The highest BCUT2D eigenvalue weighted by molar-refractivity contribution is 6.19. The number of hydrogen-bond donors (Lipinski definition) is 0. The van der Waals surface area contributed by atoms with Crippen LogP contribution in [0.5, 0.6) is 0 Å². The largest absolute Gasteiger partial charge is 0.465 e. The molecule has 1 aromatic carbocycles. The molecule has 0 atom stereocenters. The van der Waals surface area contributed by atoms with Crippen molar-refractivity contribution in [3.05, 3.63) is 59.9 Å². The van der Waals surface area contributed by atoms with Gasteiger partial charge in [-0.1, -0.05) is 24.3 Å². The Bertz CT molecular complexity index is 967. The molecular formula is C22H23N3O4. The second kappa shape index (κ2) is 8.34.